The molecule has 0 aromatic heterocycles. The highest BCUT2D eigenvalue weighted by Crippen LogP contribution is 2.26. The first-order valence-electron chi connectivity index (χ1n) is 4.89. The molecule has 0 radical (unpaired) electrons. The van der Waals surface area contributed by atoms with Gasteiger partial charge in [-0.15, -0.1) is 0 Å². The normalized spacial score (nSPS) is 12.8. The Morgan fingerprint density at radius 3 is 2.80 bits per heavy atom. The van der Waals surface area contributed by atoms with Crippen LogP contribution in [0.4, 0.5) is 0 Å². The molecule has 0 aliphatic rings. The fraction of sp³-hybridized carbons (Fsp3) is 0.455. The highest BCUT2D eigenvalue weighted by molar-refractivity contribution is 9.10. The van der Waals surface area contributed by atoms with Crippen LogP contribution in [0, 0.1) is 0 Å². The van der Waals surface area contributed by atoms with Crippen LogP contribution >= 0.6 is 27.5 Å². The first-order chi connectivity index (χ1) is 7.19. The number of nitrogens with one attached hydrogen (secondary N) is 1. The monoisotopic (exact) mass is 291 g/mol. The largest absolute Gasteiger partial charge is 0.380 e. The molecule has 1 aromatic carbocycles. The first kappa shape index (κ1) is 13.0. The van der Waals surface area contributed by atoms with E-state index in [0.29, 0.717) is 6.61 Å². The Kier molecular flexibility index (Phi) is 5.61. The van der Waals surface area contributed by atoms with Gasteiger partial charge in [0, 0.05) is 11.1 Å². The molecule has 84 valence electrons. The molecule has 1 N–H and O–H groups in total. The minimum atomic E-state index is 0.207. The van der Waals surface area contributed by atoms with Crippen LogP contribution in [-0.2, 0) is 4.74 Å². The first-order valence-corrected chi connectivity index (χ1v) is 6.06. The second kappa shape index (κ2) is 6.48. The molecule has 0 aliphatic heterocycles. The van der Waals surface area contributed by atoms with Crippen molar-refractivity contribution in [3.63, 3.8) is 0 Å². The molecule has 0 saturated heterocycles. The lowest BCUT2D eigenvalue weighted by Gasteiger charge is -2.16. The summed E-state index contributed by atoms with van der Waals surface area (Å²) in [5.41, 5.74) is 1.17. The van der Waals surface area contributed by atoms with Gasteiger partial charge in [-0.1, -0.05) is 17.7 Å². The number of hydrogen-bond acceptors (Lipinski definition) is 2. The second-order valence-corrected chi connectivity index (χ2v) is 4.44. The lowest BCUT2D eigenvalue weighted by Crippen LogP contribution is -2.21. The van der Waals surface area contributed by atoms with Gasteiger partial charge in [0.25, 0.3) is 0 Å². The van der Waals surface area contributed by atoms with E-state index in [4.69, 9.17) is 16.3 Å². The smallest absolute Gasteiger partial charge is 0.0661 e. The summed E-state index contributed by atoms with van der Waals surface area (Å²) in [7, 11) is 1.92. The Labute approximate surface area is 104 Å². The molecular formula is C11H15BrClNO. The van der Waals surface area contributed by atoms with Gasteiger partial charge in [0.15, 0.2) is 0 Å². The van der Waals surface area contributed by atoms with Crippen LogP contribution in [0.25, 0.3) is 0 Å². The highest BCUT2D eigenvalue weighted by atomic mass is 79.9. The highest BCUT2D eigenvalue weighted by Gasteiger charge is 2.10. The van der Waals surface area contributed by atoms with E-state index < -0.39 is 0 Å². The van der Waals surface area contributed by atoms with E-state index in [2.05, 4.69) is 21.2 Å². The maximum absolute atomic E-state index is 5.93. The Bertz CT molecular complexity index is 319. The van der Waals surface area contributed by atoms with Gasteiger partial charge in [-0.2, -0.15) is 0 Å². The van der Waals surface area contributed by atoms with Crippen molar-refractivity contribution in [1.82, 2.24) is 5.32 Å². The maximum atomic E-state index is 5.93. The fourth-order valence-corrected chi connectivity index (χ4v) is 1.83. The van der Waals surface area contributed by atoms with Crippen LogP contribution in [0.1, 0.15) is 18.5 Å². The van der Waals surface area contributed by atoms with E-state index >= 15 is 0 Å². The lowest BCUT2D eigenvalue weighted by molar-refractivity contribution is 0.125. The summed E-state index contributed by atoms with van der Waals surface area (Å²) >= 11 is 9.35. The molecule has 2 nitrogen and oxygen atoms in total. The molecule has 1 unspecified atom stereocenters. The number of ether oxygens (including phenoxy) is 1. The molecular weight excluding hydrogens is 277 g/mol. The summed E-state index contributed by atoms with van der Waals surface area (Å²) in [4.78, 5) is 0. The molecule has 0 saturated carbocycles. The van der Waals surface area contributed by atoms with Crippen LogP contribution < -0.4 is 5.32 Å². The van der Waals surface area contributed by atoms with E-state index in [1.54, 1.807) is 0 Å². The van der Waals surface area contributed by atoms with Crippen LogP contribution in [0.2, 0.25) is 5.02 Å². The van der Waals surface area contributed by atoms with Crippen LogP contribution in [0.5, 0.6) is 0 Å². The van der Waals surface area contributed by atoms with Gasteiger partial charge < -0.3 is 10.1 Å². The summed E-state index contributed by atoms with van der Waals surface area (Å²) in [5.74, 6) is 0. The summed E-state index contributed by atoms with van der Waals surface area (Å²) in [6.45, 7) is 3.39. The molecule has 1 rings (SSSR count). The topological polar surface area (TPSA) is 21.3 Å². The number of benzene rings is 1. The zero-order chi connectivity index (χ0) is 11.3. The Balaban J connectivity index is 2.78. The lowest BCUT2D eigenvalue weighted by atomic mass is 10.1. The molecule has 0 heterocycles. The predicted octanol–water partition coefficient (Wildman–Crippen LogP) is 3.40. The van der Waals surface area contributed by atoms with Gasteiger partial charge in [-0.25, -0.2) is 0 Å². The van der Waals surface area contributed by atoms with Gasteiger partial charge in [0.1, 0.15) is 0 Å². The average Bonchev–Trinajstić information content (AvgIpc) is 2.24. The number of rotatable bonds is 5. The number of hydrogen-bond donors (Lipinski definition) is 1. The van der Waals surface area contributed by atoms with E-state index in [9.17, 15) is 0 Å². The van der Waals surface area contributed by atoms with Crippen molar-refractivity contribution >= 4 is 27.5 Å². The van der Waals surface area contributed by atoms with Gasteiger partial charge in [0.2, 0.25) is 0 Å². The molecule has 0 amide bonds. The van der Waals surface area contributed by atoms with Crippen LogP contribution in [-0.4, -0.2) is 20.3 Å². The number of likely N-dealkylation sites (N-methyl/N-ethyl adjacent to an activating group) is 1. The predicted molar refractivity (Wildman–Crippen MR) is 67.4 cm³/mol. The van der Waals surface area contributed by atoms with Crippen LogP contribution in [0.3, 0.4) is 0 Å². The van der Waals surface area contributed by atoms with Crippen LogP contribution in [0.15, 0.2) is 22.7 Å². The van der Waals surface area contributed by atoms with Crippen molar-refractivity contribution in [2.45, 2.75) is 13.0 Å². The Morgan fingerprint density at radius 1 is 1.53 bits per heavy atom. The number of halogens is 2. The summed E-state index contributed by atoms with van der Waals surface area (Å²) in [6.07, 6.45) is 0. The van der Waals surface area contributed by atoms with E-state index in [1.807, 2.05) is 32.2 Å². The Morgan fingerprint density at radius 2 is 2.27 bits per heavy atom. The van der Waals surface area contributed by atoms with E-state index in [-0.39, 0.29) is 6.04 Å². The summed E-state index contributed by atoms with van der Waals surface area (Å²) in [5, 5.41) is 3.94. The standard InChI is InChI=1S/C11H15BrClNO/c1-3-15-7-11(14-2)8-4-5-10(13)9(12)6-8/h4-6,11,14H,3,7H2,1-2H3. The van der Waals surface area contributed by atoms with Gasteiger partial charge >= 0.3 is 0 Å². The molecule has 0 fully saturated rings. The third kappa shape index (κ3) is 3.76. The second-order valence-electron chi connectivity index (χ2n) is 3.17. The van der Waals surface area contributed by atoms with Gasteiger partial charge in [-0.05, 0) is 47.6 Å². The van der Waals surface area contributed by atoms with Crippen molar-refractivity contribution in [2.75, 3.05) is 20.3 Å². The average molecular weight is 293 g/mol. The molecule has 0 bridgehead atoms. The van der Waals surface area contributed by atoms with E-state index in [0.717, 1.165) is 16.1 Å². The van der Waals surface area contributed by atoms with Crippen molar-refractivity contribution < 1.29 is 4.74 Å². The van der Waals surface area contributed by atoms with Crippen molar-refractivity contribution in [2.24, 2.45) is 0 Å². The maximum Gasteiger partial charge on any atom is 0.0661 e. The molecule has 0 aliphatic carbocycles. The van der Waals surface area contributed by atoms with Crippen molar-refractivity contribution in [1.29, 1.82) is 0 Å². The summed E-state index contributed by atoms with van der Waals surface area (Å²) < 4.78 is 6.32. The zero-order valence-corrected chi connectivity index (χ0v) is 11.2. The molecule has 15 heavy (non-hydrogen) atoms. The molecule has 0 spiro atoms. The fourth-order valence-electron chi connectivity index (χ4n) is 1.31. The third-order valence-corrected chi connectivity index (χ3v) is 3.40. The quantitative estimate of drug-likeness (QED) is 0.898. The van der Waals surface area contributed by atoms with E-state index in [1.165, 1.54) is 5.56 Å². The minimum absolute atomic E-state index is 0.207. The molecule has 1 atom stereocenters. The third-order valence-electron chi connectivity index (χ3n) is 2.18. The van der Waals surface area contributed by atoms with Gasteiger partial charge in [-0.3, -0.25) is 0 Å². The van der Waals surface area contributed by atoms with Gasteiger partial charge in [0.05, 0.1) is 17.7 Å². The SMILES string of the molecule is CCOCC(NC)c1ccc(Cl)c(Br)c1. The van der Waals surface area contributed by atoms with Crippen molar-refractivity contribution in [3.05, 3.63) is 33.3 Å². The molecule has 4 heteroatoms. The Hall–Kier alpha value is -0.0900. The van der Waals surface area contributed by atoms with Crippen molar-refractivity contribution in [3.8, 4) is 0 Å². The molecule has 1 aromatic rings. The minimum Gasteiger partial charge on any atom is -0.380 e. The zero-order valence-electron chi connectivity index (χ0n) is 8.89. The summed E-state index contributed by atoms with van der Waals surface area (Å²) in [6, 6.07) is 6.12.